The van der Waals surface area contributed by atoms with Crippen molar-refractivity contribution in [3.05, 3.63) is 0 Å². The number of hydrogen-bond donors (Lipinski definition) is 3. The fraction of sp³-hybridized carbons (Fsp3) is 0.800. The predicted octanol–water partition coefficient (Wildman–Crippen LogP) is 0.774. The van der Waals surface area contributed by atoms with E-state index in [1.165, 1.54) is 0 Å². The van der Waals surface area contributed by atoms with Crippen LogP contribution in [0.2, 0.25) is 0 Å². The Kier molecular flexibility index (Phi) is 3.98. The lowest BCUT2D eigenvalue weighted by molar-refractivity contribution is 0.0764. The zero-order chi connectivity index (χ0) is 13.2. The molecule has 1 atom stereocenters. The van der Waals surface area contributed by atoms with Crippen molar-refractivity contribution < 1.29 is 13.6 Å². The Balaban J connectivity index is 2.25. The number of rotatable bonds is 3. The molecule has 1 aliphatic carbocycles. The van der Waals surface area contributed by atoms with Crippen molar-refractivity contribution in [3.63, 3.8) is 0 Å². The second-order valence-electron chi connectivity index (χ2n) is 4.79. The van der Waals surface area contributed by atoms with Crippen LogP contribution in [-0.4, -0.2) is 37.6 Å². The molecular weight excluding hydrogens is 256 g/mol. The lowest BCUT2D eigenvalue weighted by Gasteiger charge is -2.46. The van der Waals surface area contributed by atoms with Crippen molar-refractivity contribution in [3.8, 4) is 0 Å². The van der Waals surface area contributed by atoms with Gasteiger partial charge in [0.1, 0.15) is 5.66 Å². The predicted molar refractivity (Wildman–Crippen MR) is 68.1 cm³/mol. The smallest absolute Gasteiger partial charge is 0.298 e. The number of carbonyl (C=O) groups is 1. The number of urea groups is 1. The van der Waals surface area contributed by atoms with Crippen LogP contribution in [0.5, 0.6) is 0 Å². The summed E-state index contributed by atoms with van der Waals surface area (Å²) in [6.45, 7) is 2.20. The highest BCUT2D eigenvalue weighted by atomic mass is 32.2. The van der Waals surface area contributed by atoms with E-state index in [9.17, 15) is 9.00 Å². The van der Waals surface area contributed by atoms with Gasteiger partial charge in [-0.1, -0.05) is 6.42 Å². The first-order chi connectivity index (χ1) is 8.53. The summed E-state index contributed by atoms with van der Waals surface area (Å²) in [4.78, 5) is 13.5. The number of carbonyl (C=O) groups excluding carboxylic acids is 1. The lowest BCUT2D eigenvalue weighted by atomic mass is 9.88. The highest BCUT2D eigenvalue weighted by Gasteiger charge is 2.43. The van der Waals surface area contributed by atoms with E-state index in [2.05, 4.69) is 15.2 Å². The van der Waals surface area contributed by atoms with Gasteiger partial charge in [-0.15, -0.1) is 0 Å². The van der Waals surface area contributed by atoms with Crippen LogP contribution in [0.25, 0.3) is 0 Å². The standard InChI is InChI=1S/C10H18N4O3S/c1-8-7-14(9(15)12-11-8)10(13-18(16)17)5-3-2-4-6-10/h13H,2-7H2,1H3,(H,12,15)(H,16,17). The van der Waals surface area contributed by atoms with E-state index >= 15 is 0 Å². The van der Waals surface area contributed by atoms with Gasteiger partial charge in [-0.25, -0.2) is 14.4 Å². The molecule has 2 amide bonds. The van der Waals surface area contributed by atoms with Gasteiger partial charge in [-0.05, 0) is 32.6 Å². The van der Waals surface area contributed by atoms with Gasteiger partial charge in [0.15, 0.2) is 0 Å². The van der Waals surface area contributed by atoms with Crippen LogP contribution in [0, 0.1) is 0 Å². The van der Waals surface area contributed by atoms with Gasteiger partial charge in [0.2, 0.25) is 11.3 Å². The van der Waals surface area contributed by atoms with Crippen LogP contribution in [-0.2, 0) is 11.3 Å². The Morgan fingerprint density at radius 3 is 2.72 bits per heavy atom. The number of hydrogen-bond acceptors (Lipinski definition) is 3. The van der Waals surface area contributed by atoms with Crippen molar-refractivity contribution in [2.75, 3.05) is 6.54 Å². The highest BCUT2D eigenvalue weighted by molar-refractivity contribution is 7.77. The molecule has 1 saturated carbocycles. The average molecular weight is 274 g/mol. The molecule has 0 aromatic heterocycles. The van der Waals surface area contributed by atoms with E-state index in [1.54, 1.807) is 4.90 Å². The number of hydrazone groups is 1. The van der Waals surface area contributed by atoms with Gasteiger partial charge in [-0.3, -0.25) is 9.45 Å². The minimum Gasteiger partial charge on any atom is -0.298 e. The SMILES string of the molecule is CC1=NNC(=O)N(C2(NS(=O)O)CCCCC2)C1. The van der Waals surface area contributed by atoms with Gasteiger partial charge in [-0.2, -0.15) is 9.82 Å². The molecule has 8 heteroatoms. The summed E-state index contributed by atoms with van der Waals surface area (Å²) in [5, 5.41) is 3.88. The molecule has 0 bridgehead atoms. The Morgan fingerprint density at radius 2 is 2.11 bits per heavy atom. The second-order valence-corrected chi connectivity index (χ2v) is 5.50. The largest absolute Gasteiger partial charge is 0.339 e. The van der Waals surface area contributed by atoms with Gasteiger partial charge in [0, 0.05) is 0 Å². The molecule has 2 rings (SSSR count). The molecule has 0 saturated heterocycles. The third-order valence-corrected chi connectivity index (χ3v) is 4.00. The summed E-state index contributed by atoms with van der Waals surface area (Å²) < 4.78 is 22.9. The van der Waals surface area contributed by atoms with Crippen LogP contribution in [0.1, 0.15) is 39.0 Å². The van der Waals surface area contributed by atoms with E-state index < -0.39 is 16.9 Å². The third-order valence-electron chi connectivity index (χ3n) is 3.45. The van der Waals surface area contributed by atoms with Crippen LogP contribution >= 0.6 is 0 Å². The molecule has 1 aliphatic heterocycles. The normalized spacial score (nSPS) is 25.3. The number of nitrogens with zero attached hydrogens (tertiary/aromatic N) is 2. The van der Waals surface area contributed by atoms with Crippen molar-refractivity contribution in [2.45, 2.75) is 44.7 Å². The quantitative estimate of drug-likeness (QED) is 0.664. The van der Waals surface area contributed by atoms with Gasteiger partial charge >= 0.3 is 6.03 Å². The molecule has 1 unspecified atom stereocenters. The van der Waals surface area contributed by atoms with Crippen molar-refractivity contribution in [1.29, 1.82) is 0 Å². The van der Waals surface area contributed by atoms with E-state index in [0.29, 0.717) is 19.4 Å². The highest BCUT2D eigenvalue weighted by Crippen LogP contribution is 2.32. The van der Waals surface area contributed by atoms with Gasteiger partial charge in [0.25, 0.3) is 0 Å². The first-order valence-electron chi connectivity index (χ1n) is 6.03. The molecule has 1 fully saturated rings. The summed E-state index contributed by atoms with van der Waals surface area (Å²) in [7, 11) is 0. The minimum atomic E-state index is -2.14. The van der Waals surface area contributed by atoms with E-state index in [1.807, 2.05) is 6.92 Å². The number of nitrogens with one attached hydrogen (secondary N) is 2. The zero-order valence-electron chi connectivity index (χ0n) is 10.3. The Hall–Kier alpha value is -0.990. The lowest BCUT2D eigenvalue weighted by Crippen LogP contribution is -2.65. The van der Waals surface area contributed by atoms with Crippen molar-refractivity contribution >= 4 is 23.0 Å². The maximum atomic E-state index is 11.9. The van der Waals surface area contributed by atoms with E-state index in [-0.39, 0.29) is 6.03 Å². The molecule has 0 spiro atoms. The fourth-order valence-corrected chi connectivity index (χ4v) is 3.25. The molecular formula is C10H18N4O3S. The Labute approximate surface area is 108 Å². The molecule has 18 heavy (non-hydrogen) atoms. The fourth-order valence-electron chi connectivity index (χ4n) is 2.61. The molecule has 0 aromatic rings. The Morgan fingerprint density at radius 1 is 1.44 bits per heavy atom. The minimum absolute atomic E-state index is 0.319. The van der Waals surface area contributed by atoms with Crippen molar-refractivity contribution in [2.24, 2.45) is 5.10 Å². The maximum Gasteiger partial charge on any atom is 0.339 e. The van der Waals surface area contributed by atoms with E-state index in [0.717, 1.165) is 25.0 Å². The molecule has 0 radical (unpaired) electrons. The number of amides is 2. The van der Waals surface area contributed by atoms with Crippen LogP contribution in [0.15, 0.2) is 5.10 Å². The summed E-state index contributed by atoms with van der Waals surface area (Å²) in [6, 6.07) is -0.319. The second kappa shape index (κ2) is 5.33. The van der Waals surface area contributed by atoms with Crippen LogP contribution < -0.4 is 10.1 Å². The van der Waals surface area contributed by atoms with Crippen LogP contribution in [0.3, 0.4) is 0 Å². The average Bonchev–Trinajstić information content (AvgIpc) is 2.32. The molecule has 2 aliphatic rings. The van der Waals surface area contributed by atoms with Crippen LogP contribution in [0.4, 0.5) is 4.79 Å². The van der Waals surface area contributed by atoms with Gasteiger partial charge < -0.3 is 0 Å². The first-order valence-corrected chi connectivity index (χ1v) is 7.14. The van der Waals surface area contributed by atoms with Crippen molar-refractivity contribution in [1.82, 2.24) is 15.0 Å². The summed E-state index contributed by atoms with van der Waals surface area (Å²) in [5.41, 5.74) is 2.48. The Bertz CT molecular complexity index is 393. The summed E-state index contributed by atoms with van der Waals surface area (Å²) >= 11 is -2.14. The third kappa shape index (κ3) is 2.70. The van der Waals surface area contributed by atoms with Gasteiger partial charge in [0.05, 0.1) is 12.3 Å². The monoisotopic (exact) mass is 274 g/mol. The zero-order valence-corrected chi connectivity index (χ0v) is 11.1. The molecule has 3 N–H and O–H groups in total. The molecule has 0 aromatic carbocycles. The maximum absolute atomic E-state index is 11.9. The molecule has 102 valence electrons. The molecule has 1 heterocycles. The van der Waals surface area contributed by atoms with E-state index in [4.69, 9.17) is 4.55 Å². The topological polar surface area (TPSA) is 94.0 Å². The first kappa shape index (κ1) is 13.4. The molecule has 7 nitrogen and oxygen atoms in total. The summed E-state index contributed by atoms with van der Waals surface area (Å²) in [6.07, 6.45) is 4.32. The summed E-state index contributed by atoms with van der Waals surface area (Å²) in [5.74, 6) is 0.